The number of aliphatic hydroxyl groups is 5. The predicted molar refractivity (Wildman–Crippen MR) is 63.2 cm³/mol. The fraction of sp³-hybridized carbons (Fsp3) is 0.727. The molecule has 19 heavy (non-hydrogen) atoms. The Labute approximate surface area is 110 Å². The molecule has 0 saturated carbocycles. The van der Waals surface area contributed by atoms with Crippen molar-refractivity contribution < 1.29 is 39.9 Å². The molecule has 0 aliphatic carbocycles. The van der Waals surface area contributed by atoms with Crippen molar-refractivity contribution in [1.29, 1.82) is 0 Å². The number of carbonyl (C=O) groups excluding carboxylic acids is 3. The first-order valence-corrected chi connectivity index (χ1v) is 5.44. The van der Waals surface area contributed by atoms with Gasteiger partial charge < -0.3 is 30.3 Å². The molecular formula is C11H20O8. The van der Waals surface area contributed by atoms with Gasteiger partial charge in [0.05, 0.1) is 13.0 Å². The first-order valence-electron chi connectivity index (χ1n) is 5.44. The number of hydrogen-bond donors (Lipinski definition) is 5. The lowest BCUT2D eigenvalue weighted by Crippen LogP contribution is -2.46. The molecular weight excluding hydrogens is 260 g/mol. The summed E-state index contributed by atoms with van der Waals surface area (Å²) in [6, 6.07) is 0. The zero-order chi connectivity index (χ0) is 15.6. The molecule has 4 unspecified atom stereocenters. The molecule has 0 aromatic rings. The zero-order valence-corrected chi connectivity index (χ0v) is 10.8. The van der Waals surface area contributed by atoms with Crippen molar-refractivity contribution in [3.8, 4) is 0 Å². The fourth-order valence-corrected chi connectivity index (χ4v) is 0.969. The molecule has 0 bridgehead atoms. The molecule has 8 nitrogen and oxygen atoms in total. The van der Waals surface area contributed by atoms with Gasteiger partial charge in [-0.2, -0.15) is 0 Å². The average molecular weight is 280 g/mol. The van der Waals surface area contributed by atoms with Gasteiger partial charge in [0.1, 0.15) is 36.0 Å². The zero-order valence-electron chi connectivity index (χ0n) is 10.8. The molecule has 0 aromatic carbocycles. The van der Waals surface area contributed by atoms with Gasteiger partial charge in [-0.3, -0.25) is 9.59 Å². The van der Waals surface area contributed by atoms with Crippen LogP contribution < -0.4 is 0 Å². The average Bonchev–Trinajstić information content (AvgIpc) is 2.34. The summed E-state index contributed by atoms with van der Waals surface area (Å²) in [6.07, 6.45) is -6.76. The van der Waals surface area contributed by atoms with Crippen molar-refractivity contribution in [2.24, 2.45) is 0 Å². The predicted octanol–water partition coefficient (Wildman–Crippen LogP) is -2.82. The summed E-state index contributed by atoms with van der Waals surface area (Å²) in [6.45, 7) is 2.05. The van der Waals surface area contributed by atoms with E-state index in [1.807, 2.05) is 0 Å². The van der Waals surface area contributed by atoms with Gasteiger partial charge in [-0.25, -0.2) is 0 Å². The molecule has 4 atom stereocenters. The quantitative estimate of drug-likeness (QED) is 0.247. The van der Waals surface area contributed by atoms with Gasteiger partial charge in [-0.05, 0) is 13.8 Å². The van der Waals surface area contributed by atoms with Crippen molar-refractivity contribution in [2.75, 3.05) is 6.61 Å². The molecule has 0 spiro atoms. The molecule has 0 aliphatic heterocycles. The van der Waals surface area contributed by atoms with Crippen LogP contribution in [0.5, 0.6) is 0 Å². The van der Waals surface area contributed by atoms with Crippen LogP contribution in [0.2, 0.25) is 0 Å². The summed E-state index contributed by atoms with van der Waals surface area (Å²) in [5.41, 5.74) is 0. The Morgan fingerprint density at radius 2 is 1.42 bits per heavy atom. The Bertz CT molecular complexity index is 278. The third-order valence-corrected chi connectivity index (χ3v) is 1.92. The SMILES string of the molecule is CC(=O)CC(C)=O.O=CC(O)C(O)C(O)C(O)CO. The summed E-state index contributed by atoms with van der Waals surface area (Å²) in [5, 5.41) is 43.5. The van der Waals surface area contributed by atoms with Crippen LogP contribution in [0.3, 0.4) is 0 Å². The Hall–Kier alpha value is -1.19. The maximum absolute atomic E-state index is 10.0. The van der Waals surface area contributed by atoms with Gasteiger partial charge >= 0.3 is 0 Å². The summed E-state index contributed by atoms with van der Waals surface area (Å²) in [4.78, 5) is 30.0. The largest absolute Gasteiger partial charge is 0.394 e. The van der Waals surface area contributed by atoms with E-state index in [-0.39, 0.29) is 24.3 Å². The van der Waals surface area contributed by atoms with E-state index in [1.54, 1.807) is 0 Å². The monoisotopic (exact) mass is 280 g/mol. The van der Waals surface area contributed by atoms with Crippen LogP contribution in [0, 0.1) is 0 Å². The van der Waals surface area contributed by atoms with Crippen LogP contribution in [0.4, 0.5) is 0 Å². The highest BCUT2D eigenvalue weighted by molar-refractivity contribution is 5.96. The minimum atomic E-state index is -1.79. The van der Waals surface area contributed by atoms with Crippen LogP contribution in [-0.4, -0.2) is 74.4 Å². The highest BCUT2D eigenvalue weighted by Gasteiger charge is 2.29. The Balaban J connectivity index is 0. The molecule has 0 radical (unpaired) electrons. The van der Waals surface area contributed by atoms with Crippen LogP contribution in [0.25, 0.3) is 0 Å². The number of aliphatic hydroxyl groups excluding tert-OH is 5. The normalized spacial score (nSPS) is 16.4. The molecule has 0 heterocycles. The van der Waals surface area contributed by atoms with E-state index in [1.165, 1.54) is 13.8 Å². The molecule has 0 fully saturated rings. The van der Waals surface area contributed by atoms with Gasteiger partial charge in [0.2, 0.25) is 0 Å². The number of aldehydes is 1. The van der Waals surface area contributed by atoms with E-state index in [2.05, 4.69) is 0 Å². The first kappa shape index (κ1) is 20.1. The van der Waals surface area contributed by atoms with Gasteiger partial charge in [0, 0.05) is 0 Å². The van der Waals surface area contributed by atoms with Crippen molar-refractivity contribution >= 4 is 17.9 Å². The lowest BCUT2D eigenvalue weighted by Gasteiger charge is -2.22. The fourth-order valence-electron chi connectivity index (χ4n) is 0.969. The van der Waals surface area contributed by atoms with E-state index >= 15 is 0 Å². The Morgan fingerprint density at radius 3 is 1.63 bits per heavy atom. The van der Waals surface area contributed by atoms with Crippen LogP contribution in [0.15, 0.2) is 0 Å². The molecule has 0 amide bonds. The number of carbonyl (C=O) groups is 3. The maximum atomic E-state index is 10.0. The van der Waals surface area contributed by atoms with E-state index in [9.17, 15) is 14.4 Å². The Kier molecular flexibility index (Phi) is 11.3. The summed E-state index contributed by atoms with van der Waals surface area (Å²) < 4.78 is 0. The maximum Gasteiger partial charge on any atom is 0.151 e. The third-order valence-electron chi connectivity index (χ3n) is 1.92. The second-order valence-corrected chi connectivity index (χ2v) is 3.94. The van der Waals surface area contributed by atoms with Crippen LogP contribution >= 0.6 is 0 Å². The van der Waals surface area contributed by atoms with E-state index < -0.39 is 31.0 Å². The molecule has 0 saturated heterocycles. The van der Waals surface area contributed by atoms with Crippen molar-refractivity contribution in [1.82, 2.24) is 0 Å². The Morgan fingerprint density at radius 1 is 1.00 bits per heavy atom. The number of rotatable bonds is 7. The second-order valence-electron chi connectivity index (χ2n) is 3.94. The van der Waals surface area contributed by atoms with Gasteiger partial charge in [0.25, 0.3) is 0 Å². The van der Waals surface area contributed by atoms with E-state index in [0.29, 0.717) is 0 Å². The minimum Gasteiger partial charge on any atom is -0.394 e. The lowest BCUT2D eigenvalue weighted by atomic mass is 10.0. The summed E-state index contributed by atoms with van der Waals surface area (Å²) >= 11 is 0. The van der Waals surface area contributed by atoms with Gasteiger partial charge in [-0.1, -0.05) is 0 Å². The van der Waals surface area contributed by atoms with Gasteiger partial charge in [0.15, 0.2) is 6.29 Å². The first-order chi connectivity index (χ1) is 8.67. The summed E-state index contributed by atoms with van der Waals surface area (Å²) in [7, 11) is 0. The number of Topliss-reactive ketones (excluding diaryl/α,β-unsaturated/α-hetero) is 2. The topological polar surface area (TPSA) is 152 Å². The molecule has 8 heteroatoms. The third kappa shape index (κ3) is 10.4. The summed E-state index contributed by atoms with van der Waals surface area (Å²) in [5.74, 6) is -0.125. The number of ketones is 2. The van der Waals surface area contributed by atoms with Crippen LogP contribution in [0.1, 0.15) is 20.3 Å². The molecule has 0 aromatic heterocycles. The van der Waals surface area contributed by atoms with Crippen LogP contribution in [-0.2, 0) is 14.4 Å². The molecule has 112 valence electrons. The smallest absolute Gasteiger partial charge is 0.151 e. The van der Waals surface area contributed by atoms with E-state index in [0.717, 1.165) is 0 Å². The van der Waals surface area contributed by atoms with Crippen molar-refractivity contribution in [3.63, 3.8) is 0 Å². The van der Waals surface area contributed by atoms with Crippen molar-refractivity contribution in [2.45, 2.75) is 44.7 Å². The highest BCUT2D eigenvalue weighted by Crippen LogP contribution is 2.02. The van der Waals surface area contributed by atoms with Gasteiger partial charge in [-0.15, -0.1) is 0 Å². The lowest BCUT2D eigenvalue weighted by molar-refractivity contribution is -0.136. The van der Waals surface area contributed by atoms with Crippen molar-refractivity contribution in [3.05, 3.63) is 0 Å². The number of hydrogen-bond acceptors (Lipinski definition) is 8. The molecule has 0 rings (SSSR count). The second kappa shape index (κ2) is 10.7. The highest BCUT2D eigenvalue weighted by atomic mass is 16.4. The van der Waals surface area contributed by atoms with E-state index in [4.69, 9.17) is 25.5 Å². The minimum absolute atomic E-state index is 0.0258. The molecule has 5 N–H and O–H groups in total. The molecule has 0 aliphatic rings. The standard InChI is InChI=1S/C6H12O6.C5H8O2/c7-1-3(9)5(11)6(12)4(10)2-8;1-4(6)3-5(2)7/h1,3-6,8-12H,2H2;3H2,1-2H3.